The molecule has 0 aliphatic carbocycles. The normalized spacial score (nSPS) is 13.3. The van der Waals surface area contributed by atoms with Crippen molar-refractivity contribution in [3.63, 3.8) is 0 Å². The lowest BCUT2D eigenvalue weighted by Gasteiger charge is -2.11. The second-order valence-corrected chi connectivity index (χ2v) is 6.69. The van der Waals surface area contributed by atoms with Gasteiger partial charge in [0.15, 0.2) is 0 Å². The summed E-state index contributed by atoms with van der Waals surface area (Å²) in [5.41, 5.74) is 0. The van der Waals surface area contributed by atoms with Crippen molar-refractivity contribution in [2.24, 2.45) is 5.92 Å². The van der Waals surface area contributed by atoms with Gasteiger partial charge in [-0.1, -0.05) is 32.5 Å². The molecule has 2 nitrogen and oxygen atoms in total. The zero-order valence-corrected chi connectivity index (χ0v) is 11.3. The Balaban J connectivity index is 2.06. The highest BCUT2D eigenvalue weighted by Crippen LogP contribution is 2.24. The van der Waals surface area contributed by atoms with Crippen molar-refractivity contribution in [1.82, 2.24) is 10.3 Å². The largest absolute Gasteiger partial charge is 0.316 e. The van der Waals surface area contributed by atoms with Crippen molar-refractivity contribution >= 4 is 23.1 Å². The zero-order chi connectivity index (χ0) is 11.1. The number of thioether (sulfide) groups is 1. The van der Waals surface area contributed by atoms with Gasteiger partial charge in [0.1, 0.15) is 4.34 Å². The third-order valence-corrected chi connectivity index (χ3v) is 4.06. The first-order chi connectivity index (χ1) is 7.18. The molecular formula is C11H20N2S2. The zero-order valence-electron chi connectivity index (χ0n) is 9.69. The second-order valence-electron chi connectivity index (χ2n) is 4.11. The fourth-order valence-electron chi connectivity index (χ4n) is 1.18. The molecule has 86 valence electrons. The van der Waals surface area contributed by atoms with Gasteiger partial charge in [0.2, 0.25) is 0 Å². The maximum Gasteiger partial charge on any atom is 0.150 e. The molecule has 0 aliphatic heterocycles. The minimum atomic E-state index is 0.600. The van der Waals surface area contributed by atoms with Gasteiger partial charge in [0.25, 0.3) is 0 Å². The fraction of sp³-hybridized carbons (Fsp3) is 0.727. The third-order valence-electron chi connectivity index (χ3n) is 2.04. The van der Waals surface area contributed by atoms with Gasteiger partial charge >= 0.3 is 0 Å². The molecule has 4 heteroatoms. The van der Waals surface area contributed by atoms with Crippen LogP contribution in [0.25, 0.3) is 0 Å². The smallest absolute Gasteiger partial charge is 0.150 e. The number of aromatic nitrogens is 1. The van der Waals surface area contributed by atoms with E-state index in [0.29, 0.717) is 5.25 Å². The molecule has 0 fully saturated rings. The van der Waals surface area contributed by atoms with Gasteiger partial charge in [-0.2, -0.15) is 0 Å². The molecule has 1 heterocycles. The van der Waals surface area contributed by atoms with Gasteiger partial charge in [0.05, 0.1) is 0 Å². The van der Waals surface area contributed by atoms with E-state index in [9.17, 15) is 0 Å². The lowest BCUT2D eigenvalue weighted by atomic mass is 10.1. The fourth-order valence-corrected chi connectivity index (χ4v) is 3.09. The first-order valence-electron chi connectivity index (χ1n) is 5.45. The van der Waals surface area contributed by atoms with Crippen LogP contribution in [-0.4, -0.2) is 23.3 Å². The predicted octanol–water partition coefficient (Wildman–Crippen LogP) is 3.26. The van der Waals surface area contributed by atoms with Crippen molar-refractivity contribution in [2.45, 2.75) is 36.8 Å². The lowest BCUT2D eigenvalue weighted by Crippen LogP contribution is -2.24. The molecule has 0 saturated carbocycles. The summed E-state index contributed by atoms with van der Waals surface area (Å²) in [6.45, 7) is 8.96. The Morgan fingerprint density at radius 2 is 2.27 bits per heavy atom. The molecule has 0 spiro atoms. The molecule has 15 heavy (non-hydrogen) atoms. The van der Waals surface area contributed by atoms with Crippen LogP contribution in [0.5, 0.6) is 0 Å². The molecule has 0 aliphatic rings. The lowest BCUT2D eigenvalue weighted by molar-refractivity contribution is 0.539. The molecule has 1 N–H and O–H groups in total. The molecule has 0 amide bonds. The van der Waals surface area contributed by atoms with Gasteiger partial charge in [-0.3, -0.25) is 0 Å². The average molecular weight is 244 g/mol. The highest BCUT2D eigenvalue weighted by molar-refractivity contribution is 8.01. The van der Waals surface area contributed by atoms with Crippen LogP contribution in [0.15, 0.2) is 15.9 Å². The Bertz CT molecular complexity index is 247. The summed E-state index contributed by atoms with van der Waals surface area (Å²) in [5, 5.41) is 6.11. The third kappa shape index (κ3) is 6.17. The number of nitrogens with one attached hydrogen (secondary N) is 1. The van der Waals surface area contributed by atoms with Crippen LogP contribution >= 0.6 is 23.1 Å². The molecule has 0 bridgehead atoms. The van der Waals surface area contributed by atoms with Crippen molar-refractivity contribution in [2.75, 3.05) is 13.1 Å². The first-order valence-corrected chi connectivity index (χ1v) is 7.21. The quantitative estimate of drug-likeness (QED) is 0.588. The molecule has 0 radical (unpaired) electrons. The standard InChI is InChI=1S/C11H20N2S2/c1-9(2)4-5-12-8-10(3)15-11-13-6-7-14-11/h6-7,9-10,12H,4-5,8H2,1-3H3. The van der Waals surface area contributed by atoms with Gasteiger partial charge in [0, 0.05) is 23.4 Å². The Morgan fingerprint density at radius 1 is 1.47 bits per heavy atom. The average Bonchev–Trinajstić information content (AvgIpc) is 2.64. The Labute approximate surface area is 101 Å². The Morgan fingerprint density at radius 3 is 2.87 bits per heavy atom. The molecule has 1 atom stereocenters. The Kier molecular flexibility index (Phi) is 6.29. The van der Waals surface area contributed by atoms with Crippen LogP contribution in [0.1, 0.15) is 27.2 Å². The molecule has 0 saturated heterocycles. The maximum absolute atomic E-state index is 4.27. The van der Waals surface area contributed by atoms with Gasteiger partial charge in [-0.25, -0.2) is 4.98 Å². The van der Waals surface area contributed by atoms with Crippen LogP contribution in [0.4, 0.5) is 0 Å². The summed E-state index contributed by atoms with van der Waals surface area (Å²) in [6.07, 6.45) is 3.13. The number of hydrogen-bond acceptors (Lipinski definition) is 4. The Hall–Kier alpha value is -0.0600. The van der Waals surface area contributed by atoms with Crippen LogP contribution < -0.4 is 5.32 Å². The van der Waals surface area contributed by atoms with Gasteiger partial charge < -0.3 is 5.32 Å². The van der Waals surface area contributed by atoms with E-state index in [0.717, 1.165) is 19.0 Å². The van der Waals surface area contributed by atoms with E-state index in [2.05, 4.69) is 31.1 Å². The number of thiazole rings is 1. The summed E-state index contributed by atoms with van der Waals surface area (Å²) in [6, 6.07) is 0. The minimum absolute atomic E-state index is 0.600. The molecule has 1 unspecified atom stereocenters. The van der Waals surface area contributed by atoms with Crippen LogP contribution in [0, 0.1) is 5.92 Å². The van der Waals surface area contributed by atoms with Crippen LogP contribution in [0.2, 0.25) is 0 Å². The SMILES string of the molecule is CC(C)CCNCC(C)Sc1nccs1. The van der Waals surface area contributed by atoms with Gasteiger partial charge in [-0.15, -0.1) is 11.3 Å². The molecule has 1 aromatic heterocycles. The minimum Gasteiger partial charge on any atom is -0.316 e. The molecular weight excluding hydrogens is 224 g/mol. The first kappa shape index (κ1) is 13.0. The summed E-state index contributed by atoms with van der Waals surface area (Å²) in [7, 11) is 0. The number of rotatable bonds is 7. The highest BCUT2D eigenvalue weighted by Gasteiger charge is 2.05. The van der Waals surface area contributed by atoms with E-state index >= 15 is 0 Å². The second kappa shape index (κ2) is 7.25. The predicted molar refractivity (Wildman–Crippen MR) is 69.8 cm³/mol. The number of nitrogens with zero attached hydrogens (tertiary/aromatic N) is 1. The van der Waals surface area contributed by atoms with E-state index in [1.54, 1.807) is 11.3 Å². The van der Waals surface area contributed by atoms with E-state index < -0.39 is 0 Å². The van der Waals surface area contributed by atoms with E-state index in [1.165, 1.54) is 10.8 Å². The van der Waals surface area contributed by atoms with E-state index in [-0.39, 0.29) is 0 Å². The molecule has 1 rings (SSSR count). The molecule has 0 aromatic carbocycles. The molecule has 1 aromatic rings. The van der Waals surface area contributed by atoms with Crippen molar-refractivity contribution < 1.29 is 0 Å². The monoisotopic (exact) mass is 244 g/mol. The number of hydrogen-bond donors (Lipinski definition) is 1. The van der Waals surface area contributed by atoms with E-state index in [1.807, 2.05) is 23.3 Å². The van der Waals surface area contributed by atoms with Crippen molar-refractivity contribution in [3.8, 4) is 0 Å². The van der Waals surface area contributed by atoms with Crippen molar-refractivity contribution in [3.05, 3.63) is 11.6 Å². The summed E-state index contributed by atoms with van der Waals surface area (Å²) >= 11 is 3.57. The van der Waals surface area contributed by atoms with Crippen LogP contribution in [-0.2, 0) is 0 Å². The topological polar surface area (TPSA) is 24.9 Å². The summed E-state index contributed by atoms with van der Waals surface area (Å²) in [4.78, 5) is 4.27. The van der Waals surface area contributed by atoms with Crippen LogP contribution in [0.3, 0.4) is 0 Å². The highest BCUT2D eigenvalue weighted by atomic mass is 32.2. The summed E-state index contributed by atoms with van der Waals surface area (Å²) < 4.78 is 1.17. The summed E-state index contributed by atoms with van der Waals surface area (Å²) in [5.74, 6) is 0.791. The van der Waals surface area contributed by atoms with Crippen molar-refractivity contribution in [1.29, 1.82) is 0 Å². The van der Waals surface area contributed by atoms with Gasteiger partial charge in [-0.05, 0) is 18.9 Å². The maximum atomic E-state index is 4.27. The van der Waals surface area contributed by atoms with E-state index in [4.69, 9.17) is 0 Å².